The number of nitrogen functional groups attached to an aromatic ring is 1. The van der Waals surface area contributed by atoms with Crippen LogP contribution in [0.4, 0.5) is 11.4 Å². The maximum absolute atomic E-state index is 10.9. The van der Waals surface area contributed by atoms with Gasteiger partial charge in [-0.25, -0.2) is 4.79 Å². The van der Waals surface area contributed by atoms with Crippen LogP contribution in [0.1, 0.15) is 28.4 Å². The number of benzene rings is 2. The first-order chi connectivity index (χ1) is 10.0. The average molecular weight is 284 g/mol. The van der Waals surface area contributed by atoms with Crippen LogP contribution in [0, 0.1) is 0 Å². The zero-order valence-electron chi connectivity index (χ0n) is 12.3. The topological polar surface area (TPSA) is 66.6 Å². The van der Waals surface area contributed by atoms with E-state index >= 15 is 0 Å². The first-order valence-electron chi connectivity index (χ1n) is 6.93. The van der Waals surface area contributed by atoms with Crippen LogP contribution < -0.4 is 10.6 Å². The number of hydrogen-bond acceptors (Lipinski definition) is 3. The second-order valence-electron chi connectivity index (χ2n) is 5.10. The molecule has 0 atom stereocenters. The predicted octanol–water partition coefficient (Wildman–Crippen LogP) is 3.17. The summed E-state index contributed by atoms with van der Waals surface area (Å²) in [5, 5.41) is 8.95. The fraction of sp³-hybridized carbons (Fsp3) is 0.235. The standard InChI is InChI=1S/C17H20N2O2/c1-3-12-4-6-13(7-5-12)11-19(2)16-9-8-14(17(20)21)10-15(16)18/h4-10H,3,11,18H2,1-2H3,(H,20,21). The Morgan fingerprint density at radius 3 is 2.29 bits per heavy atom. The monoisotopic (exact) mass is 284 g/mol. The van der Waals surface area contributed by atoms with Crippen molar-refractivity contribution in [3.05, 3.63) is 59.2 Å². The summed E-state index contributed by atoms with van der Waals surface area (Å²) in [6, 6.07) is 13.3. The lowest BCUT2D eigenvalue weighted by molar-refractivity contribution is 0.0697. The van der Waals surface area contributed by atoms with Crippen molar-refractivity contribution in [2.24, 2.45) is 0 Å². The van der Waals surface area contributed by atoms with Crippen LogP contribution in [0.5, 0.6) is 0 Å². The third-order valence-corrected chi connectivity index (χ3v) is 3.54. The van der Waals surface area contributed by atoms with Crippen molar-refractivity contribution in [2.45, 2.75) is 19.9 Å². The fourth-order valence-electron chi connectivity index (χ4n) is 2.27. The number of anilines is 2. The summed E-state index contributed by atoms with van der Waals surface area (Å²) in [7, 11) is 1.94. The molecule has 0 saturated heterocycles. The van der Waals surface area contributed by atoms with Crippen LogP contribution in [0.25, 0.3) is 0 Å². The number of aromatic carboxylic acids is 1. The van der Waals surface area contributed by atoms with Gasteiger partial charge in [0.15, 0.2) is 0 Å². The van der Waals surface area contributed by atoms with E-state index in [0.717, 1.165) is 18.7 Å². The van der Waals surface area contributed by atoms with E-state index < -0.39 is 5.97 Å². The zero-order chi connectivity index (χ0) is 15.4. The summed E-state index contributed by atoms with van der Waals surface area (Å²) in [4.78, 5) is 12.9. The highest BCUT2D eigenvalue weighted by Crippen LogP contribution is 2.25. The number of nitrogens with zero attached hydrogens (tertiary/aromatic N) is 1. The van der Waals surface area contributed by atoms with E-state index in [2.05, 4.69) is 31.2 Å². The van der Waals surface area contributed by atoms with Gasteiger partial charge in [-0.2, -0.15) is 0 Å². The smallest absolute Gasteiger partial charge is 0.335 e. The number of hydrogen-bond donors (Lipinski definition) is 2. The van der Waals surface area contributed by atoms with Crippen molar-refractivity contribution in [1.82, 2.24) is 0 Å². The molecule has 0 aliphatic rings. The molecule has 0 spiro atoms. The van der Waals surface area contributed by atoms with Crippen molar-refractivity contribution in [3.63, 3.8) is 0 Å². The normalized spacial score (nSPS) is 10.4. The molecule has 2 aromatic carbocycles. The molecule has 21 heavy (non-hydrogen) atoms. The molecule has 0 unspecified atom stereocenters. The molecule has 0 aliphatic heterocycles. The lowest BCUT2D eigenvalue weighted by atomic mass is 10.1. The lowest BCUT2D eigenvalue weighted by Gasteiger charge is -2.21. The van der Waals surface area contributed by atoms with Crippen LogP contribution in [0.2, 0.25) is 0 Å². The molecular weight excluding hydrogens is 264 g/mol. The molecule has 0 radical (unpaired) electrons. The van der Waals surface area contributed by atoms with Gasteiger partial charge in [0, 0.05) is 13.6 Å². The number of nitrogens with two attached hydrogens (primary N) is 1. The Bertz CT molecular complexity index is 636. The Morgan fingerprint density at radius 1 is 1.14 bits per heavy atom. The predicted molar refractivity (Wildman–Crippen MR) is 85.7 cm³/mol. The number of carbonyl (C=O) groups is 1. The molecule has 4 heteroatoms. The SMILES string of the molecule is CCc1ccc(CN(C)c2ccc(C(=O)O)cc2N)cc1. The van der Waals surface area contributed by atoms with Gasteiger partial charge in [0.05, 0.1) is 16.9 Å². The summed E-state index contributed by atoms with van der Waals surface area (Å²) in [5.41, 5.74) is 9.97. The van der Waals surface area contributed by atoms with Gasteiger partial charge in [0.25, 0.3) is 0 Å². The Morgan fingerprint density at radius 2 is 1.76 bits per heavy atom. The zero-order valence-corrected chi connectivity index (χ0v) is 12.3. The molecule has 0 bridgehead atoms. The molecule has 0 amide bonds. The van der Waals surface area contributed by atoms with Gasteiger partial charge in [0.2, 0.25) is 0 Å². The van der Waals surface area contributed by atoms with E-state index in [4.69, 9.17) is 10.8 Å². The molecule has 3 N–H and O–H groups in total. The number of aryl methyl sites for hydroxylation is 1. The average Bonchev–Trinajstić information content (AvgIpc) is 2.47. The first-order valence-corrected chi connectivity index (χ1v) is 6.93. The molecule has 2 aromatic rings. The van der Waals surface area contributed by atoms with E-state index in [1.807, 2.05) is 11.9 Å². The summed E-state index contributed by atoms with van der Waals surface area (Å²) in [6.07, 6.45) is 1.03. The van der Waals surface area contributed by atoms with Gasteiger partial charge >= 0.3 is 5.97 Å². The third kappa shape index (κ3) is 3.54. The number of carboxylic acids is 1. The van der Waals surface area contributed by atoms with Crippen molar-refractivity contribution >= 4 is 17.3 Å². The highest BCUT2D eigenvalue weighted by Gasteiger charge is 2.10. The van der Waals surface area contributed by atoms with Crippen LogP contribution >= 0.6 is 0 Å². The summed E-state index contributed by atoms with van der Waals surface area (Å²) in [5.74, 6) is -0.967. The summed E-state index contributed by atoms with van der Waals surface area (Å²) < 4.78 is 0. The Hall–Kier alpha value is -2.49. The van der Waals surface area contributed by atoms with Crippen LogP contribution in [-0.2, 0) is 13.0 Å². The van der Waals surface area contributed by atoms with Crippen molar-refractivity contribution in [1.29, 1.82) is 0 Å². The van der Waals surface area contributed by atoms with Gasteiger partial charge in [-0.15, -0.1) is 0 Å². The Kier molecular flexibility index (Phi) is 4.48. The van der Waals surface area contributed by atoms with Crippen molar-refractivity contribution in [3.8, 4) is 0 Å². The molecule has 0 fully saturated rings. The molecule has 0 aliphatic carbocycles. The van der Waals surface area contributed by atoms with Gasteiger partial charge in [-0.1, -0.05) is 31.2 Å². The maximum Gasteiger partial charge on any atom is 0.335 e. The van der Waals surface area contributed by atoms with Gasteiger partial charge in [-0.05, 0) is 35.7 Å². The second kappa shape index (κ2) is 6.31. The highest BCUT2D eigenvalue weighted by molar-refractivity contribution is 5.90. The minimum Gasteiger partial charge on any atom is -0.478 e. The van der Waals surface area contributed by atoms with E-state index in [-0.39, 0.29) is 5.56 Å². The molecule has 0 heterocycles. The van der Waals surface area contributed by atoms with Gasteiger partial charge in [0.1, 0.15) is 0 Å². The largest absolute Gasteiger partial charge is 0.478 e. The first kappa shape index (κ1) is 14.9. The van der Waals surface area contributed by atoms with Gasteiger partial charge in [-0.3, -0.25) is 0 Å². The molecule has 4 nitrogen and oxygen atoms in total. The Balaban J connectivity index is 2.15. The van der Waals surface area contributed by atoms with Crippen molar-refractivity contribution in [2.75, 3.05) is 17.7 Å². The number of rotatable bonds is 5. The van der Waals surface area contributed by atoms with Gasteiger partial charge < -0.3 is 15.7 Å². The summed E-state index contributed by atoms with van der Waals surface area (Å²) >= 11 is 0. The van der Waals surface area contributed by atoms with E-state index in [0.29, 0.717) is 5.69 Å². The molecular formula is C17H20N2O2. The van der Waals surface area contributed by atoms with Crippen LogP contribution in [-0.4, -0.2) is 18.1 Å². The quantitative estimate of drug-likeness (QED) is 0.828. The van der Waals surface area contributed by atoms with E-state index in [1.165, 1.54) is 17.2 Å². The minimum absolute atomic E-state index is 0.206. The maximum atomic E-state index is 10.9. The van der Waals surface area contributed by atoms with Crippen LogP contribution in [0.3, 0.4) is 0 Å². The molecule has 2 rings (SSSR count). The fourth-order valence-corrected chi connectivity index (χ4v) is 2.27. The Labute approximate surface area is 124 Å². The molecule has 0 saturated carbocycles. The molecule has 0 aromatic heterocycles. The van der Waals surface area contributed by atoms with E-state index in [1.54, 1.807) is 12.1 Å². The minimum atomic E-state index is -0.967. The third-order valence-electron chi connectivity index (χ3n) is 3.54. The van der Waals surface area contributed by atoms with Crippen molar-refractivity contribution < 1.29 is 9.90 Å². The number of carboxylic acid groups (broad SMARTS) is 1. The highest BCUT2D eigenvalue weighted by atomic mass is 16.4. The second-order valence-corrected chi connectivity index (χ2v) is 5.10. The lowest BCUT2D eigenvalue weighted by Crippen LogP contribution is -2.18. The van der Waals surface area contributed by atoms with E-state index in [9.17, 15) is 4.79 Å². The molecule has 110 valence electrons. The summed E-state index contributed by atoms with van der Waals surface area (Å²) in [6.45, 7) is 2.85. The van der Waals surface area contributed by atoms with Crippen LogP contribution in [0.15, 0.2) is 42.5 Å².